The van der Waals surface area contributed by atoms with Crippen LogP contribution < -0.4 is 23.9 Å². The molecule has 0 atom stereocenters. The average molecular weight is 366 g/mol. The molecule has 0 heterocycles. The second kappa shape index (κ2) is 17.5. The highest BCUT2D eigenvalue weighted by atomic mass is 35.5. The fraction of sp³-hybridized carbons (Fsp3) is 0.944. The number of nitrogens with zero attached hydrogens (tertiary/aromatic N) is 1. The van der Waals surface area contributed by atoms with Gasteiger partial charge >= 0.3 is 5.97 Å². The summed E-state index contributed by atoms with van der Waals surface area (Å²) in [7, 11) is 0. The first-order chi connectivity index (χ1) is 11.1. The number of hydrogen-bond acceptors (Lipinski definition) is 3. The summed E-state index contributed by atoms with van der Waals surface area (Å²) in [5.74, 6) is -0.751. The molecule has 0 radical (unpaired) electrons. The molecule has 0 unspecified atom stereocenters. The Hall–Kier alpha value is -0.360. The minimum absolute atomic E-state index is 0. The number of rotatable bonds is 17. The van der Waals surface area contributed by atoms with Gasteiger partial charge < -0.3 is 33.5 Å². The summed E-state index contributed by atoms with van der Waals surface area (Å²) < 4.78 is 0.541. The number of hydrogen-bond donors (Lipinski definition) is 3. The van der Waals surface area contributed by atoms with Crippen LogP contribution in [-0.2, 0) is 4.79 Å². The lowest BCUT2D eigenvalue weighted by Gasteiger charge is -2.37. The van der Waals surface area contributed by atoms with Crippen LogP contribution in [0.2, 0.25) is 0 Å². The number of carboxylic acids is 1. The Labute approximate surface area is 155 Å². The maximum atomic E-state index is 11.1. The molecule has 0 aromatic heterocycles. The monoisotopic (exact) mass is 365 g/mol. The second-order valence-electron chi connectivity index (χ2n) is 6.82. The van der Waals surface area contributed by atoms with Crippen LogP contribution in [0.3, 0.4) is 0 Å². The molecule has 0 rings (SSSR count). The largest absolute Gasteiger partial charge is 1.00 e. The van der Waals surface area contributed by atoms with Crippen molar-refractivity contribution < 1.29 is 26.8 Å². The highest BCUT2D eigenvalue weighted by Crippen LogP contribution is 2.13. The van der Waals surface area contributed by atoms with Gasteiger partial charge in [-0.3, -0.25) is 0 Å². The molecule has 5 N–H and O–H groups in total. The number of carboxylic acid groups (broad SMARTS) is 1. The average Bonchev–Trinajstić information content (AvgIpc) is 2.49. The van der Waals surface area contributed by atoms with Crippen LogP contribution in [0.15, 0.2) is 0 Å². The number of halogens is 1. The Morgan fingerprint density at radius 1 is 0.792 bits per heavy atom. The van der Waals surface area contributed by atoms with Crippen LogP contribution in [0.25, 0.3) is 0 Å². The summed E-state index contributed by atoms with van der Waals surface area (Å²) in [5.41, 5.74) is 11.4. The van der Waals surface area contributed by atoms with Crippen molar-refractivity contribution in [2.24, 2.45) is 11.5 Å². The predicted octanol–water partition coefficient (Wildman–Crippen LogP) is -0.270. The van der Waals surface area contributed by atoms with Crippen molar-refractivity contribution in [3.63, 3.8) is 0 Å². The van der Waals surface area contributed by atoms with E-state index in [4.69, 9.17) is 16.6 Å². The number of quaternary nitrogens is 1. The molecule has 0 aliphatic carbocycles. The zero-order chi connectivity index (χ0) is 17.4. The first-order valence-electron chi connectivity index (χ1n) is 9.57. The fourth-order valence-electron chi connectivity index (χ4n) is 3.34. The molecule has 0 spiro atoms. The van der Waals surface area contributed by atoms with Gasteiger partial charge in [-0.2, -0.15) is 0 Å². The minimum Gasteiger partial charge on any atom is -1.00 e. The molecule has 5 nitrogen and oxygen atoms in total. The Bertz CT molecular complexity index is 285. The van der Waals surface area contributed by atoms with Gasteiger partial charge in [0.05, 0.1) is 19.6 Å². The van der Waals surface area contributed by atoms with E-state index in [0.717, 1.165) is 13.0 Å². The first kappa shape index (κ1) is 25.9. The molecule has 0 amide bonds. The van der Waals surface area contributed by atoms with Crippen molar-refractivity contribution in [2.75, 3.05) is 39.3 Å². The summed E-state index contributed by atoms with van der Waals surface area (Å²) in [4.78, 5) is 11.1. The van der Waals surface area contributed by atoms with Crippen LogP contribution in [0, 0.1) is 0 Å². The van der Waals surface area contributed by atoms with Gasteiger partial charge in [0.2, 0.25) is 0 Å². The van der Waals surface area contributed by atoms with Gasteiger partial charge in [-0.05, 0) is 12.8 Å². The third-order valence-corrected chi connectivity index (χ3v) is 4.66. The topological polar surface area (TPSA) is 89.3 Å². The SMILES string of the molecule is CCCCCCCCCCCC[N+](CCN)(CCN)CC(=O)O.[Cl-]. The Balaban J connectivity index is 0. The first-order valence-corrected chi connectivity index (χ1v) is 9.57. The molecular formula is C18H40ClN3O2. The van der Waals surface area contributed by atoms with Gasteiger partial charge in [-0.15, -0.1) is 0 Å². The van der Waals surface area contributed by atoms with Crippen LogP contribution >= 0.6 is 0 Å². The highest BCUT2D eigenvalue weighted by molar-refractivity contribution is 5.67. The molecule has 0 aromatic carbocycles. The van der Waals surface area contributed by atoms with E-state index < -0.39 is 5.97 Å². The third kappa shape index (κ3) is 14.0. The smallest absolute Gasteiger partial charge is 0.359 e. The van der Waals surface area contributed by atoms with Gasteiger partial charge in [-0.1, -0.05) is 58.3 Å². The summed E-state index contributed by atoms with van der Waals surface area (Å²) in [6, 6.07) is 0. The molecule has 0 saturated carbocycles. The maximum absolute atomic E-state index is 11.1. The fourth-order valence-corrected chi connectivity index (χ4v) is 3.34. The molecule has 0 aliphatic rings. The Morgan fingerprint density at radius 2 is 1.21 bits per heavy atom. The van der Waals surface area contributed by atoms with Crippen LogP contribution in [0.4, 0.5) is 0 Å². The quantitative estimate of drug-likeness (QED) is 0.244. The summed E-state index contributed by atoms with van der Waals surface area (Å²) >= 11 is 0. The van der Waals surface area contributed by atoms with Crippen molar-refractivity contribution in [2.45, 2.75) is 71.1 Å². The Kier molecular flexibility index (Phi) is 18.8. The standard InChI is InChI=1S/C18H39N3O2.ClH/c1-2-3-4-5-6-7-8-9-10-11-14-21(15-12-19,16-13-20)17-18(22)23;/h2-17,19-20H2,1H3;1H. The van der Waals surface area contributed by atoms with Crippen LogP contribution in [0.5, 0.6) is 0 Å². The Morgan fingerprint density at radius 3 is 1.58 bits per heavy atom. The lowest BCUT2D eigenvalue weighted by Crippen LogP contribution is -3.00. The van der Waals surface area contributed by atoms with E-state index in [1.807, 2.05) is 0 Å². The van der Waals surface area contributed by atoms with E-state index in [2.05, 4.69) is 6.92 Å². The van der Waals surface area contributed by atoms with Crippen LogP contribution in [0.1, 0.15) is 71.1 Å². The van der Waals surface area contributed by atoms with Gasteiger partial charge in [-0.25, -0.2) is 4.79 Å². The van der Waals surface area contributed by atoms with Gasteiger partial charge in [0, 0.05) is 13.1 Å². The molecule has 24 heavy (non-hydrogen) atoms. The third-order valence-electron chi connectivity index (χ3n) is 4.66. The van der Waals surface area contributed by atoms with Crippen molar-refractivity contribution in [3.05, 3.63) is 0 Å². The van der Waals surface area contributed by atoms with Crippen molar-refractivity contribution in [1.82, 2.24) is 0 Å². The van der Waals surface area contributed by atoms with E-state index >= 15 is 0 Å². The molecule has 0 aromatic rings. The minimum atomic E-state index is -0.751. The lowest BCUT2D eigenvalue weighted by atomic mass is 10.1. The molecule has 0 bridgehead atoms. The summed E-state index contributed by atoms with van der Waals surface area (Å²) in [6.45, 7) is 5.74. The number of carbonyl (C=O) groups is 1. The molecule has 0 saturated heterocycles. The van der Waals surface area contributed by atoms with E-state index in [1.165, 1.54) is 57.8 Å². The molecule has 146 valence electrons. The second-order valence-corrected chi connectivity index (χ2v) is 6.82. The van der Waals surface area contributed by atoms with Gasteiger partial charge in [0.15, 0.2) is 6.54 Å². The summed E-state index contributed by atoms with van der Waals surface area (Å²) in [6.07, 6.45) is 12.9. The summed E-state index contributed by atoms with van der Waals surface area (Å²) in [5, 5.41) is 9.17. The zero-order valence-electron chi connectivity index (χ0n) is 15.6. The number of aliphatic carboxylic acids is 1. The molecule has 0 aliphatic heterocycles. The van der Waals surface area contributed by atoms with E-state index in [-0.39, 0.29) is 19.0 Å². The van der Waals surface area contributed by atoms with E-state index in [1.54, 1.807) is 0 Å². The van der Waals surface area contributed by atoms with Crippen LogP contribution in [-0.4, -0.2) is 54.8 Å². The van der Waals surface area contributed by atoms with Crippen molar-refractivity contribution >= 4 is 5.97 Å². The van der Waals surface area contributed by atoms with Gasteiger partial charge in [0.1, 0.15) is 0 Å². The molecule has 6 heteroatoms. The molecular weight excluding hydrogens is 326 g/mol. The van der Waals surface area contributed by atoms with Crippen molar-refractivity contribution in [1.29, 1.82) is 0 Å². The van der Waals surface area contributed by atoms with Crippen molar-refractivity contribution in [3.8, 4) is 0 Å². The number of unbranched alkanes of at least 4 members (excludes halogenated alkanes) is 9. The normalized spacial score (nSPS) is 11.3. The highest BCUT2D eigenvalue weighted by Gasteiger charge is 2.28. The zero-order valence-corrected chi connectivity index (χ0v) is 16.4. The maximum Gasteiger partial charge on any atom is 0.359 e. The van der Waals surface area contributed by atoms with E-state index in [9.17, 15) is 4.79 Å². The number of nitrogens with two attached hydrogens (primary N) is 2. The van der Waals surface area contributed by atoms with Gasteiger partial charge in [0.25, 0.3) is 0 Å². The molecule has 0 fully saturated rings. The predicted molar refractivity (Wildman–Crippen MR) is 97.3 cm³/mol. The van der Waals surface area contributed by atoms with E-state index in [0.29, 0.717) is 30.7 Å². The lowest BCUT2D eigenvalue weighted by molar-refractivity contribution is -0.919.